The van der Waals surface area contributed by atoms with Crippen molar-refractivity contribution in [1.82, 2.24) is 14.9 Å². The van der Waals surface area contributed by atoms with Gasteiger partial charge in [0, 0.05) is 33.1 Å². The Labute approximate surface area is 122 Å². The van der Waals surface area contributed by atoms with Crippen molar-refractivity contribution in [2.45, 2.75) is 57.4 Å². The number of imidazole rings is 1. The van der Waals surface area contributed by atoms with Crippen LogP contribution in [0, 0.1) is 0 Å². The summed E-state index contributed by atoms with van der Waals surface area (Å²) in [5.41, 5.74) is 0. The second-order valence-corrected chi connectivity index (χ2v) is 12.4. The Balaban J connectivity index is 1.85. The Bertz CT molecular complexity index is 411. The summed E-state index contributed by atoms with van der Waals surface area (Å²) in [5.74, 6) is 0.706. The van der Waals surface area contributed by atoms with E-state index in [-0.39, 0.29) is 6.04 Å². The summed E-state index contributed by atoms with van der Waals surface area (Å²) >= 11 is 0. The molecule has 0 aliphatic carbocycles. The lowest BCUT2D eigenvalue weighted by molar-refractivity contribution is 0.0687. The predicted octanol–water partition coefficient (Wildman–Crippen LogP) is 1.98. The third-order valence-electron chi connectivity index (χ3n) is 3.72. The van der Waals surface area contributed by atoms with Gasteiger partial charge < -0.3 is 19.7 Å². The molecule has 0 spiro atoms. The molecule has 114 valence electrons. The van der Waals surface area contributed by atoms with Crippen LogP contribution in [-0.2, 0) is 11.5 Å². The lowest BCUT2D eigenvalue weighted by Gasteiger charge is -2.20. The molecule has 1 aromatic rings. The van der Waals surface area contributed by atoms with Crippen LogP contribution >= 0.6 is 0 Å². The zero-order valence-corrected chi connectivity index (χ0v) is 13.8. The largest absolute Gasteiger partial charge is 0.384 e. The summed E-state index contributed by atoms with van der Waals surface area (Å²) in [6.45, 7) is 9.27. The molecule has 1 aliphatic heterocycles. The third-order valence-corrected chi connectivity index (χ3v) is 5.42. The average Bonchev–Trinajstić information content (AvgIpc) is 3.03. The van der Waals surface area contributed by atoms with Gasteiger partial charge >= 0.3 is 0 Å². The monoisotopic (exact) mass is 297 g/mol. The van der Waals surface area contributed by atoms with Crippen molar-refractivity contribution >= 4 is 8.07 Å². The van der Waals surface area contributed by atoms with E-state index in [0.29, 0.717) is 12.6 Å². The molecule has 0 aromatic carbocycles. The second kappa shape index (κ2) is 6.84. The standard InChI is InChI=1S/C14H27N3O2Si/c1-20(2,3)10-9-19-11-17-8-7-16-14(17)13(18)12-5-4-6-15-12/h7-8,12-13,15,18H,4-6,9-11H2,1-3H3/t12-,13?/m0/s1. The third kappa shape index (κ3) is 4.41. The topological polar surface area (TPSA) is 59.3 Å². The van der Waals surface area contributed by atoms with Gasteiger partial charge in [-0.2, -0.15) is 0 Å². The molecule has 2 N–H and O–H groups in total. The molecule has 5 nitrogen and oxygen atoms in total. The number of aromatic nitrogens is 2. The number of nitrogens with one attached hydrogen (secondary N) is 1. The van der Waals surface area contributed by atoms with Crippen LogP contribution in [-0.4, -0.2) is 41.9 Å². The molecule has 0 saturated carbocycles. The first-order valence-corrected chi connectivity index (χ1v) is 11.2. The minimum Gasteiger partial charge on any atom is -0.384 e. The van der Waals surface area contributed by atoms with Crippen molar-refractivity contribution < 1.29 is 9.84 Å². The van der Waals surface area contributed by atoms with Gasteiger partial charge in [0.1, 0.15) is 18.7 Å². The molecule has 0 radical (unpaired) electrons. The maximum Gasteiger partial charge on any atom is 0.141 e. The molecule has 1 aliphatic rings. The molecule has 0 bridgehead atoms. The Morgan fingerprint density at radius 1 is 1.55 bits per heavy atom. The van der Waals surface area contributed by atoms with E-state index >= 15 is 0 Å². The van der Waals surface area contributed by atoms with E-state index in [9.17, 15) is 5.11 Å². The smallest absolute Gasteiger partial charge is 0.141 e. The highest BCUT2D eigenvalue weighted by atomic mass is 28.3. The molecule has 1 aromatic heterocycles. The maximum atomic E-state index is 10.4. The summed E-state index contributed by atoms with van der Waals surface area (Å²) in [6, 6.07) is 1.28. The first kappa shape index (κ1) is 15.7. The Kier molecular flexibility index (Phi) is 5.37. The fraction of sp³-hybridized carbons (Fsp3) is 0.786. The van der Waals surface area contributed by atoms with E-state index in [0.717, 1.165) is 32.0 Å². The number of aliphatic hydroxyl groups is 1. The number of nitrogens with zero attached hydrogens (tertiary/aromatic N) is 2. The van der Waals surface area contributed by atoms with Gasteiger partial charge in [0.25, 0.3) is 0 Å². The van der Waals surface area contributed by atoms with Crippen LogP contribution in [0.25, 0.3) is 0 Å². The Morgan fingerprint density at radius 3 is 3.00 bits per heavy atom. The van der Waals surface area contributed by atoms with Crippen LogP contribution in [0.5, 0.6) is 0 Å². The van der Waals surface area contributed by atoms with Crippen molar-refractivity contribution in [2.24, 2.45) is 0 Å². The van der Waals surface area contributed by atoms with Crippen molar-refractivity contribution in [3.8, 4) is 0 Å². The van der Waals surface area contributed by atoms with Crippen molar-refractivity contribution in [1.29, 1.82) is 0 Å². The Morgan fingerprint density at radius 2 is 2.35 bits per heavy atom. The number of hydrogen-bond acceptors (Lipinski definition) is 4. The first-order valence-electron chi connectivity index (χ1n) is 7.47. The van der Waals surface area contributed by atoms with Crippen LogP contribution in [0.4, 0.5) is 0 Å². The predicted molar refractivity (Wildman–Crippen MR) is 82.3 cm³/mol. The average molecular weight is 297 g/mol. The van der Waals surface area contributed by atoms with Gasteiger partial charge in [-0.25, -0.2) is 4.98 Å². The molecule has 1 unspecified atom stereocenters. The highest BCUT2D eigenvalue weighted by Crippen LogP contribution is 2.21. The molecular formula is C14H27N3O2Si. The van der Waals surface area contributed by atoms with E-state index in [4.69, 9.17) is 4.74 Å². The summed E-state index contributed by atoms with van der Waals surface area (Å²) in [6.07, 6.45) is 5.19. The summed E-state index contributed by atoms with van der Waals surface area (Å²) in [7, 11) is -1.05. The van der Waals surface area contributed by atoms with E-state index in [1.807, 2.05) is 10.8 Å². The van der Waals surface area contributed by atoms with E-state index in [1.165, 1.54) is 0 Å². The highest BCUT2D eigenvalue weighted by Gasteiger charge is 2.27. The lowest BCUT2D eigenvalue weighted by Crippen LogP contribution is -2.30. The summed E-state index contributed by atoms with van der Waals surface area (Å²) in [4.78, 5) is 4.29. The van der Waals surface area contributed by atoms with E-state index in [2.05, 4.69) is 29.9 Å². The quantitative estimate of drug-likeness (QED) is 0.597. The minimum absolute atomic E-state index is 0.123. The molecule has 20 heavy (non-hydrogen) atoms. The second-order valence-electron chi connectivity index (χ2n) is 6.75. The Hall–Kier alpha value is -0.693. The zero-order valence-electron chi connectivity index (χ0n) is 12.8. The van der Waals surface area contributed by atoms with E-state index in [1.54, 1.807) is 6.20 Å². The fourth-order valence-corrected chi connectivity index (χ4v) is 3.16. The van der Waals surface area contributed by atoms with Crippen molar-refractivity contribution in [3.63, 3.8) is 0 Å². The van der Waals surface area contributed by atoms with Gasteiger partial charge in [0.2, 0.25) is 0 Å². The zero-order chi connectivity index (χ0) is 14.6. The normalized spacial score (nSPS) is 21.3. The molecule has 1 fully saturated rings. The number of aliphatic hydroxyl groups excluding tert-OH is 1. The van der Waals surface area contributed by atoms with Gasteiger partial charge in [0.15, 0.2) is 0 Å². The van der Waals surface area contributed by atoms with Gasteiger partial charge in [0.05, 0.1) is 0 Å². The maximum absolute atomic E-state index is 10.4. The summed E-state index contributed by atoms with van der Waals surface area (Å²) < 4.78 is 7.65. The SMILES string of the molecule is C[Si](C)(C)CCOCn1ccnc1C(O)[C@@H]1CCCN1. The number of hydrogen-bond donors (Lipinski definition) is 2. The van der Waals surface area contributed by atoms with Crippen molar-refractivity contribution in [3.05, 3.63) is 18.2 Å². The molecule has 1 saturated heterocycles. The van der Waals surface area contributed by atoms with Crippen LogP contribution in [0.15, 0.2) is 12.4 Å². The fourth-order valence-electron chi connectivity index (χ4n) is 2.40. The number of ether oxygens (including phenoxy) is 1. The molecule has 2 rings (SSSR count). The summed E-state index contributed by atoms with van der Waals surface area (Å²) in [5, 5.41) is 13.7. The van der Waals surface area contributed by atoms with Gasteiger partial charge in [-0.15, -0.1) is 0 Å². The number of rotatable bonds is 7. The molecule has 0 amide bonds. The molecule has 6 heteroatoms. The van der Waals surface area contributed by atoms with E-state index < -0.39 is 14.2 Å². The molecule has 2 heterocycles. The van der Waals surface area contributed by atoms with Crippen LogP contribution < -0.4 is 5.32 Å². The molecular weight excluding hydrogens is 270 g/mol. The van der Waals surface area contributed by atoms with Gasteiger partial charge in [-0.3, -0.25) is 0 Å². The van der Waals surface area contributed by atoms with Gasteiger partial charge in [-0.05, 0) is 25.4 Å². The van der Waals surface area contributed by atoms with Crippen LogP contribution in [0.1, 0.15) is 24.8 Å². The van der Waals surface area contributed by atoms with Crippen molar-refractivity contribution in [2.75, 3.05) is 13.2 Å². The minimum atomic E-state index is -1.05. The molecule has 2 atom stereocenters. The van der Waals surface area contributed by atoms with Crippen LogP contribution in [0.3, 0.4) is 0 Å². The van der Waals surface area contributed by atoms with Gasteiger partial charge in [-0.1, -0.05) is 19.6 Å². The lowest BCUT2D eigenvalue weighted by atomic mass is 10.1. The first-order chi connectivity index (χ1) is 9.47. The van der Waals surface area contributed by atoms with Crippen LogP contribution in [0.2, 0.25) is 25.7 Å². The highest BCUT2D eigenvalue weighted by molar-refractivity contribution is 6.76.